The van der Waals surface area contributed by atoms with Gasteiger partial charge in [-0.15, -0.1) is 6.42 Å². The Bertz CT molecular complexity index is 322. The van der Waals surface area contributed by atoms with Crippen LogP contribution >= 0.6 is 0 Å². The van der Waals surface area contributed by atoms with Crippen molar-refractivity contribution in [1.82, 2.24) is 10.6 Å². The van der Waals surface area contributed by atoms with Gasteiger partial charge in [0.05, 0.1) is 12.0 Å². The Morgan fingerprint density at radius 3 is 2.69 bits per heavy atom. The van der Waals surface area contributed by atoms with Crippen molar-refractivity contribution in [3.8, 4) is 12.3 Å². The van der Waals surface area contributed by atoms with Crippen LogP contribution in [-0.2, 0) is 4.79 Å². The third-order valence-corrected chi connectivity index (χ3v) is 2.71. The summed E-state index contributed by atoms with van der Waals surface area (Å²) in [7, 11) is 0. The van der Waals surface area contributed by atoms with Gasteiger partial charge in [0.2, 0.25) is 0 Å². The zero-order valence-corrected chi connectivity index (χ0v) is 9.19. The van der Waals surface area contributed by atoms with Gasteiger partial charge in [-0.2, -0.15) is 0 Å². The summed E-state index contributed by atoms with van der Waals surface area (Å²) >= 11 is 0. The van der Waals surface area contributed by atoms with Crippen molar-refractivity contribution >= 4 is 12.0 Å². The minimum Gasteiger partial charge on any atom is -0.481 e. The number of nitrogens with one attached hydrogen (secondary N) is 2. The molecule has 16 heavy (non-hydrogen) atoms. The molecule has 1 aliphatic carbocycles. The van der Waals surface area contributed by atoms with Crippen LogP contribution in [0.4, 0.5) is 4.79 Å². The van der Waals surface area contributed by atoms with Crippen LogP contribution in [0.3, 0.4) is 0 Å². The van der Waals surface area contributed by atoms with Gasteiger partial charge in [0.25, 0.3) is 0 Å². The van der Waals surface area contributed by atoms with E-state index < -0.39 is 5.97 Å². The molecule has 0 spiro atoms. The molecular weight excluding hydrogens is 208 g/mol. The Kier molecular flexibility index (Phi) is 4.18. The Balaban J connectivity index is 2.32. The molecule has 1 saturated carbocycles. The van der Waals surface area contributed by atoms with E-state index in [9.17, 15) is 9.59 Å². The normalized spacial score (nSPS) is 25.5. The monoisotopic (exact) mass is 224 g/mol. The minimum atomic E-state index is -0.790. The zero-order valence-electron chi connectivity index (χ0n) is 9.19. The van der Waals surface area contributed by atoms with E-state index in [4.69, 9.17) is 11.5 Å². The van der Waals surface area contributed by atoms with E-state index in [2.05, 4.69) is 16.6 Å². The van der Waals surface area contributed by atoms with Gasteiger partial charge >= 0.3 is 12.0 Å². The van der Waals surface area contributed by atoms with E-state index in [1.165, 1.54) is 0 Å². The van der Waals surface area contributed by atoms with Crippen molar-refractivity contribution in [2.45, 2.75) is 38.3 Å². The van der Waals surface area contributed by atoms with Gasteiger partial charge in [-0.25, -0.2) is 4.79 Å². The van der Waals surface area contributed by atoms with Crippen LogP contribution in [0.1, 0.15) is 26.2 Å². The van der Waals surface area contributed by atoms with Crippen molar-refractivity contribution in [1.29, 1.82) is 0 Å². The summed E-state index contributed by atoms with van der Waals surface area (Å²) in [4.78, 5) is 22.1. The Hall–Kier alpha value is -1.70. The fraction of sp³-hybridized carbons (Fsp3) is 0.636. The highest BCUT2D eigenvalue weighted by molar-refractivity contribution is 5.75. The number of carbonyl (C=O) groups excluding carboxylic acids is 1. The molecule has 0 aromatic carbocycles. The van der Waals surface area contributed by atoms with E-state index in [1.807, 2.05) is 0 Å². The van der Waals surface area contributed by atoms with Gasteiger partial charge in [-0.3, -0.25) is 4.79 Å². The number of rotatable bonds is 3. The minimum absolute atomic E-state index is 0.0638. The molecular formula is C11H16N2O3. The molecule has 2 amide bonds. The first kappa shape index (κ1) is 12.4. The van der Waals surface area contributed by atoms with E-state index in [0.29, 0.717) is 19.3 Å². The third kappa shape index (κ3) is 3.46. The molecule has 1 aliphatic rings. The second-order valence-corrected chi connectivity index (χ2v) is 4.05. The van der Waals surface area contributed by atoms with Gasteiger partial charge in [0.1, 0.15) is 0 Å². The maximum atomic E-state index is 11.4. The summed E-state index contributed by atoms with van der Waals surface area (Å²) in [6.45, 7) is 1.70. The van der Waals surface area contributed by atoms with Crippen LogP contribution in [-0.4, -0.2) is 29.2 Å². The molecule has 5 heteroatoms. The fourth-order valence-electron chi connectivity index (χ4n) is 1.80. The topological polar surface area (TPSA) is 78.4 Å². The highest BCUT2D eigenvalue weighted by Crippen LogP contribution is 2.25. The van der Waals surface area contributed by atoms with Crippen molar-refractivity contribution < 1.29 is 14.7 Å². The molecule has 0 radical (unpaired) electrons. The molecule has 0 heterocycles. The summed E-state index contributed by atoms with van der Waals surface area (Å²) < 4.78 is 0. The molecule has 3 N–H and O–H groups in total. The lowest BCUT2D eigenvalue weighted by Gasteiger charge is -2.14. The molecule has 3 atom stereocenters. The third-order valence-electron chi connectivity index (χ3n) is 2.71. The second-order valence-electron chi connectivity index (χ2n) is 4.05. The number of amides is 2. The highest BCUT2D eigenvalue weighted by atomic mass is 16.4. The van der Waals surface area contributed by atoms with Crippen LogP contribution in [0.5, 0.6) is 0 Å². The zero-order chi connectivity index (χ0) is 12.1. The van der Waals surface area contributed by atoms with E-state index >= 15 is 0 Å². The molecule has 5 nitrogen and oxygen atoms in total. The smallest absolute Gasteiger partial charge is 0.315 e. The number of carboxylic acid groups (broad SMARTS) is 1. The number of carboxylic acids is 1. The maximum absolute atomic E-state index is 11.4. The van der Waals surface area contributed by atoms with E-state index in [-0.39, 0.29) is 24.0 Å². The summed E-state index contributed by atoms with van der Waals surface area (Å²) in [5, 5.41) is 14.1. The first-order valence-corrected chi connectivity index (χ1v) is 5.29. The molecule has 0 aromatic rings. The first-order valence-electron chi connectivity index (χ1n) is 5.29. The molecule has 1 unspecified atom stereocenters. The number of aliphatic carboxylic acids is 1. The van der Waals surface area contributed by atoms with Gasteiger partial charge in [0.15, 0.2) is 0 Å². The van der Waals surface area contributed by atoms with Gasteiger partial charge in [-0.05, 0) is 26.2 Å². The lowest BCUT2D eigenvalue weighted by molar-refractivity contribution is -0.141. The summed E-state index contributed by atoms with van der Waals surface area (Å²) in [5.41, 5.74) is 0. The lowest BCUT2D eigenvalue weighted by Crippen LogP contribution is -2.44. The second kappa shape index (κ2) is 5.40. The van der Waals surface area contributed by atoms with E-state index in [1.54, 1.807) is 6.92 Å². The molecule has 0 saturated heterocycles. The number of terminal acetylenes is 1. The van der Waals surface area contributed by atoms with Crippen molar-refractivity contribution in [3.63, 3.8) is 0 Å². The number of hydrogen-bond donors (Lipinski definition) is 3. The summed E-state index contributed by atoms with van der Waals surface area (Å²) in [6, 6.07) is -0.718. The predicted octanol–water partition coefficient (Wildman–Crippen LogP) is 0.561. The Morgan fingerprint density at radius 2 is 2.19 bits per heavy atom. The van der Waals surface area contributed by atoms with Crippen LogP contribution < -0.4 is 10.6 Å². The average Bonchev–Trinajstić information content (AvgIpc) is 2.65. The van der Waals surface area contributed by atoms with Gasteiger partial charge in [0, 0.05) is 6.04 Å². The van der Waals surface area contributed by atoms with Crippen LogP contribution in [0.15, 0.2) is 0 Å². The number of carbonyl (C=O) groups is 2. The van der Waals surface area contributed by atoms with Gasteiger partial charge in [-0.1, -0.05) is 5.92 Å². The standard InChI is InChI=1S/C11H16N2O3/c1-3-7(2)12-11(16)13-9-5-4-8(6-9)10(14)15/h1,7-9H,4-6H2,2H3,(H,14,15)(H2,12,13,16)/t7?,8-,9+/m1/s1. The van der Waals surface area contributed by atoms with Crippen LogP contribution in [0, 0.1) is 18.3 Å². The fourth-order valence-corrected chi connectivity index (χ4v) is 1.80. The Morgan fingerprint density at radius 1 is 1.50 bits per heavy atom. The number of urea groups is 1. The largest absolute Gasteiger partial charge is 0.481 e. The van der Waals surface area contributed by atoms with Gasteiger partial charge < -0.3 is 15.7 Å². The first-order chi connectivity index (χ1) is 7.52. The van der Waals surface area contributed by atoms with Crippen LogP contribution in [0.2, 0.25) is 0 Å². The lowest BCUT2D eigenvalue weighted by atomic mass is 10.1. The predicted molar refractivity (Wildman–Crippen MR) is 58.7 cm³/mol. The molecule has 1 fully saturated rings. The highest BCUT2D eigenvalue weighted by Gasteiger charge is 2.30. The molecule has 0 bridgehead atoms. The molecule has 0 aliphatic heterocycles. The molecule has 88 valence electrons. The maximum Gasteiger partial charge on any atom is 0.315 e. The van der Waals surface area contributed by atoms with E-state index in [0.717, 1.165) is 0 Å². The quantitative estimate of drug-likeness (QED) is 0.613. The molecule has 0 aromatic heterocycles. The number of hydrogen-bond acceptors (Lipinski definition) is 2. The SMILES string of the molecule is C#CC(C)NC(=O)N[C@H]1CC[C@@H](C(=O)O)C1. The van der Waals surface area contributed by atoms with Crippen molar-refractivity contribution in [3.05, 3.63) is 0 Å². The van der Waals surface area contributed by atoms with Crippen molar-refractivity contribution in [2.24, 2.45) is 5.92 Å². The van der Waals surface area contributed by atoms with Crippen LogP contribution in [0.25, 0.3) is 0 Å². The summed E-state index contributed by atoms with van der Waals surface area (Å²) in [6.07, 6.45) is 6.93. The molecule has 1 rings (SSSR count). The summed E-state index contributed by atoms with van der Waals surface area (Å²) in [5.74, 6) is 1.25. The Labute approximate surface area is 94.6 Å². The van der Waals surface area contributed by atoms with Crippen molar-refractivity contribution in [2.75, 3.05) is 0 Å². The average molecular weight is 224 g/mol.